The summed E-state index contributed by atoms with van der Waals surface area (Å²) in [6.45, 7) is 5.40. The molecule has 1 saturated carbocycles. The summed E-state index contributed by atoms with van der Waals surface area (Å²) in [5.41, 5.74) is 5.90. The molecule has 2 rings (SSSR count). The number of nitrogens with two attached hydrogens (primary N) is 1. The lowest BCUT2D eigenvalue weighted by atomic mass is 10.0. The summed E-state index contributed by atoms with van der Waals surface area (Å²) >= 11 is 1.96. The highest BCUT2D eigenvalue weighted by molar-refractivity contribution is 7.12. The van der Waals surface area contributed by atoms with Crippen LogP contribution in [0.25, 0.3) is 0 Å². The average molecular weight is 266 g/mol. The van der Waals surface area contributed by atoms with E-state index in [1.807, 2.05) is 11.3 Å². The zero-order valence-corrected chi connectivity index (χ0v) is 12.7. The van der Waals surface area contributed by atoms with Crippen molar-refractivity contribution >= 4 is 11.3 Å². The van der Waals surface area contributed by atoms with Gasteiger partial charge in [-0.25, -0.2) is 0 Å². The average Bonchev–Trinajstić information content (AvgIpc) is 3.04. The van der Waals surface area contributed by atoms with Crippen molar-refractivity contribution in [2.45, 2.75) is 51.6 Å². The summed E-state index contributed by atoms with van der Waals surface area (Å²) in [7, 11) is 2.27. The summed E-state index contributed by atoms with van der Waals surface area (Å²) in [6, 6.07) is 5.78. The monoisotopic (exact) mass is 266 g/mol. The predicted octanol–water partition coefficient (Wildman–Crippen LogP) is 3.43. The van der Waals surface area contributed by atoms with Crippen LogP contribution in [0.5, 0.6) is 0 Å². The highest BCUT2D eigenvalue weighted by Crippen LogP contribution is 2.35. The van der Waals surface area contributed by atoms with Gasteiger partial charge in [0, 0.05) is 21.8 Å². The van der Waals surface area contributed by atoms with Gasteiger partial charge in [0.2, 0.25) is 0 Å². The second-order valence-electron chi connectivity index (χ2n) is 5.49. The van der Waals surface area contributed by atoms with Crippen LogP contribution >= 0.6 is 11.3 Å². The molecule has 2 N–H and O–H groups in total. The lowest BCUT2D eigenvalue weighted by Crippen LogP contribution is -2.38. The molecule has 3 heteroatoms. The fourth-order valence-electron chi connectivity index (χ4n) is 3.13. The lowest BCUT2D eigenvalue weighted by molar-refractivity contribution is 0.154. The van der Waals surface area contributed by atoms with Crippen LogP contribution in [0.3, 0.4) is 0 Å². The normalized spacial score (nSPS) is 25.8. The van der Waals surface area contributed by atoms with E-state index in [0.29, 0.717) is 18.0 Å². The Balaban J connectivity index is 2.05. The molecule has 0 amide bonds. The molecule has 3 atom stereocenters. The summed E-state index contributed by atoms with van der Waals surface area (Å²) in [6.07, 6.45) is 5.11. The van der Waals surface area contributed by atoms with Crippen LogP contribution in [0.1, 0.15) is 48.9 Å². The van der Waals surface area contributed by atoms with Crippen LogP contribution in [0.15, 0.2) is 12.1 Å². The minimum absolute atomic E-state index is 0.521. The van der Waals surface area contributed by atoms with Crippen LogP contribution in [-0.2, 0) is 6.42 Å². The molecule has 1 fully saturated rings. The molecule has 18 heavy (non-hydrogen) atoms. The Morgan fingerprint density at radius 1 is 1.44 bits per heavy atom. The van der Waals surface area contributed by atoms with Crippen molar-refractivity contribution in [3.05, 3.63) is 21.9 Å². The molecule has 0 saturated heterocycles. The molecule has 1 aliphatic carbocycles. The van der Waals surface area contributed by atoms with Gasteiger partial charge in [-0.15, -0.1) is 11.3 Å². The van der Waals surface area contributed by atoms with Gasteiger partial charge < -0.3 is 5.73 Å². The van der Waals surface area contributed by atoms with E-state index in [-0.39, 0.29) is 0 Å². The molecule has 0 aromatic carbocycles. The quantitative estimate of drug-likeness (QED) is 0.884. The van der Waals surface area contributed by atoms with Gasteiger partial charge in [-0.2, -0.15) is 0 Å². The first-order valence-corrected chi connectivity index (χ1v) is 7.99. The SMILES string of the molecule is CCc1ccc(C(C)N(C)C2CCCC2CN)s1. The number of hydrogen-bond acceptors (Lipinski definition) is 3. The van der Waals surface area contributed by atoms with Crippen molar-refractivity contribution in [3.63, 3.8) is 0 Å². The highest BCUT2D eigenvalue weighted by Gasteiger charge is 2.32. The van der Waals surface area contributed by atoms with Gasteiger partial charge in [-0.3, -0.25) is 4.90 Å². The largest absolute Gasteiger partial charge is 0.330 e. The summed E-state index contributed by atoms with van der Waals surface area (Å²) in [5, 5.41) is 0. The third-order valence-electron chi connectivity index (χ3n) is 4.50. The first kappa shape index (κ1) is 14.0. The summed E-state index contributed by atoms with van der Waals surface area (Å²) in [5.74, 6) is 0.697. The minimum Gasteiger partial charge on any atom is -0.330 e. The molecule has 1 heterocycles. The number of thiophene rings is 1. The molecule has 0 bridgehead atoms. The number of rotatable bonds is 5. The van der Waals surface area contributed by atoms with Crippen molar-refractivity contribution in [3.8, 4) is 0 Å². The van der Waals surface area contributed by atoms with E-state index >= 15 is 0 Å². The molecule has 102 valence electrons. The summed E-state index contributed by atoms with van der Waals surface area (Å²) < 4.78 is 0. The Hall–Kier alpha value is -0.380. The Morgan fingerprint density at radius 2 is 2.22 bits per heavy atom. The van der Waals surface area contributed by atoms with Crippen LogP contribution in [-0.4, -0.2) is 24.5 Å². The maximum Gasteiger partial charge on any atom is 0.0413 e. The smallest absolute Gasteiger partial charge is 0.0413 e. The first-order valence-electron chi connectivity index (χ1n) is 7.18. The third kappa shape index (κ3) is 2.79. The third-order valence-corrected chi connectivity index (χ3v) is 5.90. The van der Waals surface area contributed by atoms with Crippen molar-refractivity contribution in [1.29, 1.82) is 0 Å². The molecule has 1 aromatic heterocycles. The molecule has 3 unspecified atom stereocenters. The maximum atomic E-state index is 5.90. The fourth-order valence-corrected chi connectivity index (χ4v) is 4.18. The van der Waals surface area contributed by atoms with Crippen LogP contribution in [0.2, 0.25) is 0 Å². The number of hydrogen-bond donors (Lipinski definition) is 1. The number of nitrogens with zero attached hydrogens (tertiary/aromatic N) is 1. The second-order valence-corrected chi connectivity index (χ2v) is 6.69. The highest BCUT2D eigenvalue weighted by atomic mass is 32.1. The van der Waals surface area contributed by atoms with E-state index in [9.17, 15) is 0 Å². The van der Waals surface area contributed by atoms with Crippen molar-refractivity contribution in [1.82, 2.24) is 4.90 Å². The van der Waals surface area contributed by atoms with Crippen LogP contribution in [0, 0.1) is 5.92 Å². The minimum atomic E-state index is 0.521. The Kier molecular flexibility index (Phi) is 4.82. The van der Waals surface area contributed by atoms with Gasteiger partial charge in [0.15, 0.2) is 0 Å². The van der Waals surface area contributed by atoms with Crippen molar-refractivity contribution in [2.24, 2.45) is 11.7 Å². The Bertz CT molecular complexity index is 374. The lowest BCUT2D eigenvalue weighted by Gasteiger charge is -2.33. The standard InChI is InChI=1S/C15H26N2S/c1-4-13-8-9-15(18-13)11(2)17(3)14-7-5-6-12(14)10-16/h8-9,11-12,14H,4-7,10,16H2,1-3H3. The van der Waals surface area contributed by atoms with Gasteiger partial charge in [0.05, 0.1) is 0 Å². The van der Waals surface area contributed by atoms with Gasteiger partial charge >= 0.3 is 0 Å². The van der Waals surface area contributed by atoms with Gasteiger partial charge in [0.25, 0.3) is 0 Å². The van der Waals surface area contributed by atoms with E-state index in [4.69, 9.17) is 5.73 Å². The molecule has 1 aliphatic rings. The van der Waals surface area contributed by atoms with E-state index in [2.05, 4.69) is 37.9 Å². The molecule has 0 radical (unpaired) electrons. The predicted molar refractivity (Wildman–Crippen MR) is 80.1 cm³/mol. The van der Waals surface area contributed by atoms with Gasteiger partial charge in [0.1, 0.15) is 0 Å². The Labute approximate surface area is 115 Å². The van der Waals surface area contributed by atoms with Crippen molar-refractivity contribution in [2.75, 3.05) is 13.6 Å². The zero-order valence-electron chi connectivity index (χ0n) is 11.9. The van der Waals surface area contributed by atoms with E-state index in [0.717, 1.165) is 13.0 Å². The molecule has 1 aromatic rings. The van der Waals surface area contributed by atoms with E-state index < -0.39 is 0 Å². The van der Waals surface area contributed by atoms with E-state index in [1.54, 1.807) is 0 Å². The van der Waals surface area contributed by atoms with Crippen LogP contribution < -0.4 is 5.73 Å². The maximum absolute atomic E-state index is 5.90. The van der Waals surface area contributed by atoms with Gasteiger partial charge in [-0.1, -0.05) is 13.3 Å². The van der Waals surface area contributed by atoms with Crippen LogP contribution in [0.4, 0.5) is 0 Å². The molecule has 2 nitrogen and oxygen atoms in total. The molecular weight excluding hydrogens is 240 g/mol. The van der Waals surface area contributed by atoms with E-state index in [1.165, 1.54) is 29.0 Å². The summed E-state index contributed by atoms with van der Waals surface area (Å²) in [4.78, 5) is 5.54. The second kappa shape index (κ2) is 6.18. The molecule has 0 aliphatic heterocycles. The number of aryl methyl sites for hydroxylation is 1. The fraction of sp³-hybridized carbons (Fsp3) is 0.733. The Morgan fingerprint density at radius 3 is 2.83 bits per heavy atom. The molecular formula is C15H26N2S. The topological polar surface area (TPSA) is 29.3 Å². The van der Waals surface area contributed by atoms with Gasteiger partial charge in [-0.05, 0) is 57.8 Å². The zero-order chi connectivity index (χ0) is 13.1. The first-order chi connectivity index (χ1) is 8.67. The molecule has 0 spiro atoms. The van der Waals surface area contributed by atoms with Crippen molar-refractivity contribution < 1.29 is 0 Å².